The smallest absolute Gasteiger partial charge is 0.0468 e. The van der Waals surface area contributed by atoms with Crippen LogP contribution in [0.5, 0.6) is 0 Å². The van der Waals surface area contributed by atoms with Crippen molar-refractivity contribution in [3.8, 4) is 0 Å². The van der Waals surface area contributed by atoms with Crippen LogP contribution in [-0.2, 0) is 5.54 Å². The minimum absolute atomic E-state index is 0.0796. The van der Waals surface area contributed by atoms with E-state index in [1.165, 1.54) is 16.7 Å². The predicted octanol–water partition coefficient (Wildman–Crippen LogP) is 2.89. The lowest BCUT2D eigenvalue weighted by atomic mass is 9.94. The van der Waals surface area contributed by atoms with Crippen molar-refractivity contribution in [3.63, 3.8) is 0 Å². The summed E-state index contributed by atoms with van der Waals surface area (Å²) >= 11 is 0. The minimum atomic E-state index is -0.0796. The summed E-state index contributed by atoms with van der Waals surface area (Å²) in [6.45, 7) is 8.75. The third kappa shape index (κ3) is 1.27. The van der Waals surface area contributed by atoms with Gasteiger partial charge in [0.15, 0.2) is 0 Å². The molecule has 1 heteroatoms. The van der Waals surface area contributed by atoms with Crippen molar-refractivity contribution in [3.05, 3.63) is 34.9 Å². The Bertz CT molecular complexity index is 359. The van der Waals surface area contributed by atoms with Crippen LogP contribution in [0.2, 0.25) is 0 Å². The quantitative estimate of drug-likeness (QED) is 0.722. The molecule has 0 radical (unpaired) electrons. The predicted molar refractivity (Wildman–Crippen MR) is 60.2 cm³/mol. The van der Waals surface area contributed by atoms with Crippen molar-refractivity contribution < 1.29 is 0 Å². The molecule has 1 fully saturated rings. The summed E-state index contributed by atoms with van der Waals surface area (Å²) in [7, 11) is 0. The topological polar surface area (TPSA) is 26.0 Å². The van der Waals surface area contributed by atoms with Crippen molar-refractivity contribution in [1.29, 1.82) is 0 Å². The zero-order valence-electron chi connectivity index (χ0n) is 9.52. The molecule has 1 aromatic rings. The molecule has 0 aliphatic heterocycles. The first-order chi connectivity index (χ1) is 6.35. The van der Waals surface area contributed by atoms with Gasteiger partial charge in [0.05, 0.1) is 0 Å². The van der Waals surface area contributed by atoms with Gasteiger partial charge in [-0.3, -0.25) is 0 Å². The molecule has 76 valence electrons. The lowest BCUT2D eigenvalue weighted by Gasteiger charge is -2.16. The van der Waals surface area contributed by atoms with Gasteiger partial charge in [0.1, 0.15) is 0 Å². The van der Waals surface area contributed by atoms with E-state index >= 15 is 0 Å². The Labute approximate surface area is 86.3 Å². The molecule has 1 unspecified atom stereocenters. The first-order valence-corrected chi connectivity index (χ1v) is 5.23. The Balaban J connectivity index is 2.44. The molecule has 0 saturated heterocycles. The van der Waals surface area contributed by atoms with E-state index in [2.05, 4.69) is 45.9 Å². The Morgan fingerprint density at radius 1 is 1.07 bits per heavy atom. The summed E-state index contributed by atoms with van der Waals surface area (Å²) in [5.74, 6) is 0. The molecular weight excluding hydrogens is 170 g/mol. The summed E-state index contributed by atoms with van der Waals surface area (Å²) in [5.41, 5.74) is 10.5. The standard InChI is InChI=1S/C13H19N/c1-9-5-10(2)7-11(6-9)13(14)8-12(13,3)4/h5-7H,8,14H2,1-4H3. The van der Waals surface area contributed by atoms with Gasteiger partial charge in [-0.1, -0.05) is 43.2 Å². The van der Waals surface area contributed by atoms with Crippen LogP contribution in [0.25, 0.3) is 0 Å². The molecule has 0 amide bonds. The van der Waals surface area contributed by atoms with Crippen LogP contribution in [0.4, 0.5) is 0 Å². The fourth-order valence-corrected chi connectivity index (χ4v) is 2.38. The van der Waals surface area contributed by atoms with Crippen molar-refractivity contribution in [2.75, 3.05) is 0 Å². The normalized spacial score (nSPS) is 28.9. The van der Waals surface area contributed by atoms with Gasteiger partial charge in [0, 0.05) is 5.54 Å². The Hall–Kier alpha value is -0.820. The zero-order chi connectivity index (χ0) is 10.6. The van der Waals surface area contributed by atoms with E-state index in [1.807, 2.05) is 0 Å². The Morgan fingerprint density at radius 2 is 1.50 bits per heavy atom. The molecule has 0 aromatic heterocycles. The molecule has 0 spiro atoms. The van der Waals surface area contributed by atoms with Crippen molar-refractivity contribution in [2.24, 2.45) is 11.1 Å². The molecular formula is C13H19N. The molecule has 1 saturated carbocycles. The van der Waals surface area contributed by atoms with Gasteiger partial charge >= 0.3 is 0 Å². The van der Waals surface area contributed by atoms with Gasteiger partial charge in [0.25, 0.3) is 0 Å². The monoisotopic (exact) mass is 189 g/mol. The van der Waals surface area contributed by atoms with Crippen molar-refractivity contribution in [2.45, 2.75) is 39.7 Å². The van der Waals surface area contributed by atoms with E-state index in [1.54, 1.807) is 0 Å². The molecule has 0 bridgehead atoms. The second-order valence-electron chi connectivity index (χ2n) is 5.41. The Morgan fingerprint density at radius 3 is 1.86 bits per heavy atom. The summed E-state index contributed by atoms with van der Waals surface area (Å²) in [6.07, 6.45) is 1.10. The fraction of sp³-hybridized carbons (Fsp3) is 0.538. The third-order valence-electron chi connectivity index (χ3n) is 3.54. The van der Waals surface area contributed by atoms with E-state index in [-0.39, 0.29) is 11.0 Å². The lowest BCUT2D eigenvalue weighted by molar-refractivity contribution is 0.509. The molecule has 1 aliphatic rings. The van der Waals surface area contributed by atoms with Gasteiger partial charge in [-0.05, 0) is 31.2 Å². The second-order valence-corrected chi connectivity index (χ2v) is 5.41. The lowest BCUT2D eigenvalue weighted by Crippen LogP contribution is -2.25. The van der Waals surface area contributed by atoms with Gasteiger partial charge < -0.3 is 5.73 Å². The molecule has 1 aromatic carbocycles. The van der Waals surface area contributed by atoms with Gasteiger partial charge in [0.2, 0.25) is 0 Å². The van der Waals surface area contributed by atoms with Crippen LogP contribution in [-0.4, -0.2) is 0 Å². The number of rotatable bonds is 1. The summed E-state index contributed by atoms with van der Waals surface area (Å²) in [5, 5.41) is 0. The largest absolute Gasteiger partial charge is 0.321 e. The highest BCUT2D eigenvalue weighted by Gasteiger charge is 2.59. The van der Waals surface area contributed by atoms with Gasteiger partial charge in [-0.15, -0.1) is 0 Å². The maximum absolute atomic E-state index is 6.38. The van der Waals surface area contributed by atoms with E-state index in [9.17, 15) is 0 Å². The molecule has 0 heterocycles. The molecule has 1 nitrogen and oxygen atoms in total. The first-order valence-electron chi connectivity index (χ1n) is 5.23. The van der Waals surface area contributed by atoms with Crippen LogP contribution < -0.4 is 5.73 Å². The highest BCUT2D eigenvalue weighted by molar-refractivity contribution is 5.39. The van der Waals surface area contributed by atoms with E-state index in [0.29, 0.717) is 0 Å². The summed E-state index contributed by atoms with van der Waals surface area (Å²) < 4.78 is 0. The average molecular weight is 189 g/mol. The van der Waals surface area contributed by atoms with E-state index < -0.39 is 0 Å². The van der Waals surface area contributed by atoms with Gasteiger partial charge in [-0.25, -0.2) is 0 Å². The van der Waals surface area contributed by atoms with E-state index in [4.69, 9.17) is 5.73 Å². The highest BCUT2D eigenvalue weighted by Crippen LogP contribution is 2.60. The number of benzene rings is 1. The van der Waals surface area contributed by atoms with Crippen LogP contribution in [0, 0.1) is 19.3 Å². The molecule has 14 heavy (non-hydrogen) atoms. The van der Waals surface area contributed by atoms with Crippen LogP contribution in [0.1, 0.15) is 37.0 Å². The summed E-state index contributed by atoms with van der Waals surface area (Å²) in [6, 6.07) is 6.64. The number of aryl methyl sites for hydroxylation is 2. The fourth-order valence-electron chi connectivity index (χ4n) is 2.38. The van der Waals surface area contributed by atoms with Crippen LogP contribution in [0.15, 0.2) is 18.2 Å². The number of nitrogens with two attached hydrogens (primary N) is 1. The van der Waals surface area contributed by atoms with Crippen LogP contribution in [0.3, 0.4) is 0 Å². The highest BCUT2D eigenvalue weighted by atomic mass is 14.9. The maximum Gasteiger partial charge on any atom is 0.0468 e. The molecule has 1 atom stereocenters. The van der Waals surface area contributed by atoms with E-state index in [0.717, 1.165) is 6.42 Å². The number of hydrogen-bond donors (Lipinski definition) is 1. The first kappa shape index (κ1) is 9.72. The molecule has 1 aliphatic carbocycles. The zero-order valence-corrected chi connectivity index (χ0v) is 9.52. The number of hydrogen-bond acceptors (Lipinski definition) is 1. The molecule has 2 N–H and O–H groups in total. The van der Waals surface area contributed by atoms with Crippen molar-refractivity contribution in [1.82, 2.24) is 0 Å². The molecule has 2 rings (SSSR count). The third-order valence-corrected chi connectivity index (χ3v) is 3.54. The minimum Gasteiger partial charge on any atom is -0.321 e. The summed E-state index contributed by atoms with van der Waals surface area (Å²) in [4.78, 5) is 0. The maximum atomic E-state index is 6.38. The van der Waals surface area contributed by atoms with Crippen molar-refractivity contribution >= 4 is 0 Å². The van der Waals surface area contributed by atoms with Gasteiger partial charge in [-0.2, -0.15) is 0 Å². The SMILES string of the molecule is Cc1cc(C)cc(C2(N)CC2(C)C)c1. The average Bonchev–Trinajstić information content (AvgIpc) is 2.50. The van der Waals surface area contributed by atoms with Crippen LogP contribution >= 0.6 is 0 Å². The Kier molecular flexibility index (Phi) is 1.81. The second kappa shape index (κ2) is 2.60.